The van der Waals surface area contributed by atoms with Gasteiger partial charge in [0.25, 0.3) is 0 Å². The van der Waals surface area contributed by atoms with Crippen molar-refractivity contribution in [1.82, 2.24) is 10.2 Å². The number of aliphatic hydroxyl groups is 1. The first-order valence-corrected chi connectivity index (χ1v) is 14.2. The van der Waals surface area contributed by atoms with Crippen LogP contribution in [0, 0.1) is 11.3 Å². The maximum absolute atomic E-state index is 13.9. The summed E-state index contributed by atoms with van der Waals surface area (Å²) in [6.07, 6.45) is 0.232. The highest BCUT2D eigenvalue weighted by Gasteiger charge is 2.58. The van der Waals surface area contributed by atoms with Crippen molar-refractivity contribution < 1.29 is 24.5 Å². The molecule has 1 unspecified atom stereocenters. The first-order valence-electron chi connectivity index (χ1n) is 14.2. The molecule has 7 heteroatoms. The Kier molecular flexibility index (Phi) is 9.42. The number of hydrogen-bond donors (Lipinski definition) is 3. The molecule has 0 saturated carbocycles. The van der Waals surface area contributed by atoms with Crippen molar-refractivity contribution in [3.63, 3.8) is 0 Å². The zero-order valence-corrected chi connectivity index (χ0v) is 25.6. The molecule has 1 fully saturated rings. The van der Waals surface area contributed by atoms with E-state index in [0.717, 1.165) is 16.9 Å². The number of carboxylic acids is 1. The first-order chi connectivity index (χ1) is 18.5. The third-order valence-electron chi connectivity index (χ3n) is 8.32. The molecule has 1 aliphatic heterocycles. The second-order valence-electron chi connectivity index (χ2n) is 13.5. The molecule has 2 aromatic carbocycles. The lowest BCUT2D eigenvalue weighted by atomic mass is 9.72. The summed E-state index contributed by atoms with van der Waals surface area (Å²) in [6, 6.07) is 13.8. The number of ether oxygens (including phenoxy) is 1. The van der Waals surface area contributed by atoms with E-state index in [-0.39, 0.29) is 23.8 Å². The monoisotopic (exact) mass is 552 g/mol. The van der Waals surface area contributed by atoms with Crippen molar-refractivity contribution in [2.45, 2.75) is 104 Å². The smallest absolute Gasteiger partial charge is 0.326 e. The van der Waals surface area contributed by atoms with Crippen molar-refractivity contribution in [2.24, 2.45) is 11.3 Å². The van der Waals surface area contributed by atoms with Gasteiger partial charge in [0.2, 0.25) is 5.91 Å². The maximum atomic E-state index is 13.9. The zero-order chi connectivity index (χ0) is 30.0. The molecule has 0 aromatic heterocycles. The third kappa shape index (κ3) is 6.87. The van der Waals surface area contributed by atoms with Crippen LogP contribution in [0.2, 0.25) is 0 Å². The van der Waals surface area contributed by atoms with E-state index in [2.05, 4.69) is 38.2 Å². The highest BCUT2D eigenvalue weighted by Crippen LogP contribution is 2.48. The number of carboxylic acid groups (broad SMARTS) is 1. The molecule has 3 rings (SSSR count). The number of benzene rings is 2. The number of methoxy groups -OCH3 is 1. The highest BCUT2D eigenvalue weighted by atomic mass is 16.5. The van der Waals surface area contributed by atoms with Crippen LogP contribution >= 0.6 is 0 Å². The third-order valence-corrected chi connectivity index (χ3v) is 8.32. The summed E-state index contributed by atoms with van der Waals surface area (Å²) in [5.41, 5.74) is 1.27. The van der Waals surface area contributed by atoms with Crippen molar-refractivity contribution in [1.29, 1.82) is 0 Å². The van der Waals surface area contributed by atoms with Gasteiger partial charge in [0.05, 0.1) is 25.2 Å². The number of nitrogens with one attached hydrogen (secondary N) is 1. The number of rotatable bonds is 9. The summed E-state index contributed by atoms with van der Waals surface area (Å²) in [7, 11) is 1.65. The summed E-state index contributed by atoms with van der Waals surface area (Å²) >= 11 is 0. The van der Waals surface area contributed by atoms with Crippen LogP contribution in [0.1, 0.15) is 91.0 Å². The number of aliphatic carboxylic acids is 1. The Labute approximate surface area is 239 Å². The van der Waals surface area contributed by atoms with Crippen LogP contribution in [-0.4, -0.2) is 51.8 Å². The fourth-order valence-corrected chi connectivity index (χ4v) is 5.92. The predicted molar refractivity (Wildman–Crippen MR) is 158 cm³/mol. The van der Waals surface area contributed by atoms with E-state index in [0.29, 0.717) is 13.0 Å². The van der Waals surface area contributed by atoms with Gasteiger partial charge in [0.15, 0.2) is 0 Å². The molecule has 1 amide bonds. The van der Waals surface area contributed by atoms with Crippen LogP contribution in [-0.2, 0) is 21.5 Å². The van der Waals surface area contributed by atoms with E-state index in [1.54, 1.807) is 14.0 Å². The standard InChI is InChI=1S/C33H48N2O5/c1-10-33(8,39)19-25(36)35-28(21-14-12-11-13-15-21)27(26(32(5,6)7)29(35)30(37)38)34-20-22-18-23(31(2,3)4)16-17-24(22)40-9/h11-18,26-29,34,39H,10,19-20H2,1-9H3,(H,37,38)/t26-,27-,28-,29-,33?/m0/s1. The van der Waals surface area contributed by atoms with E-state index >= 15 is 0 Å². The summed E-state index contributed by atoms with van der Waals surface area (Å²) in [6.45, 7) is 16.5. The van der Waals surface area contributed by atoms with E-state index < -0.39 is 35.0 Å². The van der Waals surface area contributed by atoms with Crippen LogP contribution in [0.25, 0.3) is 0 Å². The quantitative estimate of drug-likeness (QED) is 0.369. The van der Waals surface area contributed by atoms with Crippen LogP contribution in [0.5, 0.6) is 5.75 Å². The molecule has 0 radical (unpaired) electrons. The highest BCUT2D eigenvalue weighted by molar-refractivity contribution is 5.86. The average molecular weight is 553 g/mol. The Bertz CT molecular complexity index is 1180. The molecule has 0 bridgehead atoms. The van der Waals surface area contributed by atoms with Crippen LogP contribution in [0.15, 0.2) is 48.5 Å². The minimum Gasteiger partial charge on any atom is -0.496 e. The molecule has 220 valence electrons. The van der Waals surface area contributed by atoms with Gasteiger partial charge in [-0.05, 0) is 41.4 Å². The molecule has 1 aliphatic rings. The molecule has 5 atom stereocenters. The van der Waals surface area contributed by atoms with Gasteiger partial charge in [-0.3, -0.25) is 4.79 Å². The number of carbonyl (C=O) groups is 2. The summed E-state index contributed by atoms with van der Waals surface area (Å²) < 4.78 is 5.69. The lowest BCUT2D eigenvalue weighted by Gasteiger charge is -2.35. The van der Waals surface area contributed by atoms with Gasteiger partial charge in [0, 0.05) is 24.1 Å². The number of amides is 1. The summed E-state index contributed by atoms with van der Waals surface area (Å²) in [4.78, 5) is 28.4. The molecule has 1 saturated heterocycles. The van der Waals surface area contributed by atoms with Gasteiger partial charge < -0.3 is 25.2 Å². The molecule has 0 spiro atoms. The molecule has 2 aromatic rings. The predicted octanol–water partition coefficient (Wildman–Crippen LogP) is 5.70. The lowest BCUT2D eigenvalue weighted by Crippen LogP contribution is -2.49. The van der Waals surface area contributed by atoms with Gasteiger partial charge in [-0.1, -0.05) is 90.9 Å². The average Bonchev–Trinajstić information content (AvgIpc) is 3.23. The molecular formula is C33H48N2O5. The van der Waals surface area contributed by atoms with Crippen molar-refractivity contribution in [2.75, 3.05) is 7.11 Å². The van der Waals surface area contributed by atoms with E-state index in [4.69, 9.17) is 4.74 Å². The normalized spacial score (nSPS) is 23.1. The fraction of sp³-hybridized carbons (Fsp3) is 0.576. The van der Waals surface area contributed by atoms with Crippen molar-refractivity contribution >= 4 is 11.9 Å². The zero-order valence-electron chi connectivity index (χ0n) is 25.6. The van der Waals surface area contributed by atoms with Crippen molar-refractivity contribution in [3.8, 4) is 5.75 Å². The van der Waals surface area contributed by atoms with Crippen LogP contribution in [0.3, 0.4) is 0 Å². The molecule has 0 aliphatic carbocycles. The number of nitrogens with zero attached hydrogens (tertiary/aromatic N) is 1. The lowest BCUT2D eigenvalue weighted by molar-refractivity contribution is -0.154. The van der Waals surface area contributed by atoms with Gasteiger partial charge >= 0.3 is 5.97 Å². The second-order valence-corrected chi connectivity index (χ2v) is 13.5. The Balaban J connectivity index is 2.15. The van der Waals surface area contributed by atoms with E-state index in [1.165, 1.54) is 10.5 Å². The number of hydrogen-bond acceptors (Lipinski definition) is 5. The SMILES string of the molecule is CCC(C)(O)CC(=O)N1[C@H](C(=O)O)[C@@H](C(C)(C)C)[C@H](NCc2cc(C(C)(C)C)ccc2OC)[C@@H]1c1ccccc1. The number of likely N-dealkylation sites (tertiary alicyclic amines) is 1. The maximum Gasteiger partial charge on any atom is 0.326 e. The summed E-state index contributed by atoms with van der Waals surface area (Å²) in [5, 5.41) is 25.1. The van der Waals surface area contributed by atoms with Gasteiger partial charge in [0.1, 0.15) is 11.8 Å². The minimum atomic E-state index is -1.23. The Hall–Kier alpha value is -2.90. The largest absolute Gasteiger partial charge is 0.496 e. The molecule has 3 N–H and O–H groups in total. The Morgan fingerprint density at radius 3 is 2.12 bits per heavy atom. The first kappa shape index (κ1) is 31.6. The van der Waals surface area contributed by atoms with Crippen LogP contribution in [0.4, 0.5) is 0 Å². The van der Waals surface area contributed by atoms with Gasteiger partial charge in [-0.2, -0.15) is 0 Å². The molecule has 40 heavy (non-hydrogen) atoms. The van der Waals surface area contributed by atoms with Gasteiger partial charge in [-0.25, -0.2) is 4.79 Å². The minimum absolute atomic E-state index is 0.0528. The molecular weight excluding hydrogens is 504 g/mol. The Morgan fingerprint density at radius 2 is 1.62 bits per heavy atom. The van der Waals surface area contributed by atoms with Gasteiger partial charge in [-0.15, -0.1) is 0 Å². The topological polar surface area (TPSA) is 99.1 Å². The summed E-state index contributed by atoms with van der Waals surface area (Å²) in [5.74, 6) is -1.06. The Morgan fingerprint density at radius 1 is 1.00 bits per heavy atom. The van der Waals surface area contributed by atoms with E-state index in [9.17, 15) is 19.8 Å². The van der Waals surface area contributed by atoms with E-state index in [1.807, 2.05) is 64.1 Å². The van der Waals surface area contributed by atoms with Crippen molar-refractivity contribution in [3.05, 3.63) is 65.2 Å². The van der Waals surface area contributed by atoms with Crippen LogP contribution < -0.4 is 10.1 Å². The molecule has 1 heterocycles. The second kappa shape index (κ2) is 11.9. The molecule has 7 nitrogen and oxygen atoms in total. The number of carbonyl (C=O) groups excluding carboxylic acids is 1. The fourth-order valence-electron chi connectivity index (χ4n) is 5.92.